The summed E-state index contributed by atoms with van der Waals surface area (Å²) in [5.41, 5.74) is 2.26. The van der Waals surface area contributed by atoms with Crippen molar-refractivity contribution in [2.24, 2.45) is 0 Å². The van der Waals surface area contributed by atoms with Crippen molar-refractivity contribution >= 4 is 28.7 Å². The normalized spacial score (nSPS) is 17.2. The van der Waals surface area contributed by atoms with Gasteiger partial charge in [-0.15, -0.1) is 0 Å². The van der Waals surface area contributed by atoms with Crippen LogP contribution in [0.1, 0.15) is 39.4 Å². The number of Topliss-reactive ketones (excluding diaryl/α,β-unsaturated/α-hetero) is 1. The highest BCUT2D eigenvalue weighted by molar-refractivity contribution is 6.15. The molecule has 37 heavy (non-hydrogen) atoms. The molecule has 1 aromatic heterocycles. The van der Waals surface area contributed by atoms with E-state index in [1.807, 2.05) is 18.2 Å². The first-order valence-electron chi connectivity index (χ1n) is 11.6. The number of hydrogen-bond acceptors (Lipinski definition) is 7. The van der Waals surface area contributed by atoms with Crippen LogP contribution in [0.25, 0.3) is 17.0 Å². The summed E-state index contributed by atoms with van der Waals surface area (Å²) in [4.78, 5) is 41.8. The van der Waals surface area contributed by atoms with Crippen molar-refractivity contribution in [3.8, 4) is 23.0 Å². The van der Waals surface area contributed by atoms with Gasteiger partial charge in [0.05, 0.1) is 31.7 Å². The highest BCUT2D eigenvalue weighted by Gasteiger charge is 2.39. The van der Waals surface area contributed by atoms with E-state index in [0.717, 1.165) is 10.9 Å². The largest absolute Gasteiger partial charge is 0.497 e. The molecule has 0 spiro atoms. The molecule has 0 bridgehead atoms. The summed E-state index contributed by atoms with van der Waals surface area (Å²) < 4.78 is 22.0. The minimum absolute atomic E-state index is 0.0662. The predicted octanol–water partition coefficient (Wildman–Crippen LogP) is 4.60. The summed E-state index contributed by atoms with van der Waals surface area (Å²) in [5.74, 6) is 0.610. The van der Waals surface area contributed by atoms with Gasteiger partial charge in [0.25, 0.3) is 5.56 Å². The average molecular weight is 495 g/mol. The van der Waals surface area contributed by atoms with Crippen molar-refractivity contribution in [1.29, 1.82) is 0 Å². The molecule has 2 aliphatic heterocycles. The smallest absolute Gasteiger partial charge is 0.312 e. The summed E-state index contributed by atoms with van der Waals surface area (Å²) >= 11 is 0. The second-order valence-corrected chi connectivity index (χ2v) is 8.80. The summed E-state index contributed by atoms with van der Waals surface area (Å²) in [5, 5.41) is 0.778. The number of allylic oxidation sites excluding steroid dienone is 1. The molecular weight excluding hydrogens is 474 g/mol. The van der Waals surface area contributed by atoms with Crippen LogP contribution in [-0.2, 0) is 4.79 Å². The van der Waals surface area contributed by atoms with E-state index in [4.69, 9.17) is 18.9 Å². The lowest BCUT2D eigenvalue weighted by Crippen LogP contribution is -2.26. The molecule has 3 heterocycles. The Kier molecular flexibility index (Phi) is 5.30. The molecule has 8 nitrogen and oxygen atoms in total. The number of methoxy groups -OCH3 is 2. The van der Waals surface area contributed by atoms with E-state index in [1.54, 1.807) is 62.8 Å². The van der Waals surface area contributed by atoms with E-state index in [9.17, 15) is 14.4 Å². The number of hydrogen-bond donors (Lipinski definition) is 1. The Hall–Kier alpha value is -4.85. The van der Waals surface area contributed by atoms with E-state index >= 15 is 0 Å². The highest BCUT2D eigenvalue weighted by Crippen LogP contribution is 2.48. The van der Waals surface area contributed by atoms with Crippen LogP contribution in [0.4, 0.5) is 0 Å². The molecule has 1 atom stereocenters. The van der Waals surface area contributed by atoms with Gasteiger partial charge in [-0.05, 0) is 59.5 Å². The predicted molar refractivity (Wildman–Crippen MR) is 136 cm³/mol. The molecule has 0 radical (unpaired) electrons. The van der Waals surface area contributed by atoms with E-state index in [1.165, 1.54) is 0 Å². The fourth-order valence-corrected chi connectivity index (χ4v) is 4.81. The Morgan fingerprint density at radius 1 is 0.892 bits per heavy atom. The number of ketones is 1. The van der Waals surface area contributed by atoms with Crippen LogP contribution in [0.3, 0.4) is 0 Å². The number of pyridine rings is 1. The van der Waals surface area contributed by atoms with Gasteiger partial charge in [0.2, 0.25) is 5.78 Å². The topological polar surface area (TPSA) is 104 Å². The Morgan fingerprint density at radius 2 is 1.65 bits per heavy atom. The van der Waals surface area contributed by atoms with Gasteiger partial charge in [0.1, 0.15) is 23.0 Å². The molecule has 8 heteroatoms. The lowest BCUT2D eigenvalue weighted by Gasteiger charge is -2.26. The summed E-state index contributed by atoms with van der Waals surface area (Å²) in [7, 11) is 3.13. The number of carbonyl (C=O) groups is 2. The Balaban J connectivity index is 1.46. The van der Waals surface area contributed by atoms with Gasteiger partial charge in [-0.2, -0.15) is 0 Å². The van der Waals surface area contributed by atoms with Crippen LogP contribution in [0.15, 0.2) is 71.2 Å². The van der Waals surface area contributed by atoms with Gasteiger partial charge in [-0.1, -0.05) is 12.1 Å². The fourth-order valence-electron chi connectivity index (χ4n) is 4.81. The highest BCUT2D eigenvalue weighted by atomic mass is 16.5. The third-order valence-corrected chi connectivity index (χ3v) is 6.65. The van der Waals surface area contributed by atoms with Crippen molar-refractivity contribution in [1.82, 2.24) is 4.98 Å². The second kappa shape index (κ2) is 8.67. The number of esters is 1. The van der Waals surface area contributed by atoms with Gasteiger partial charge in [0, 0.05) is 23.1 Å². The van der Waals surface area contributed by atoms with E-state index in [0.29, 0.717) is 39.5 Å². The molecule has 0 fully saturated rings. The van der Waals surface area contributed by atoms with E-state index in [2.05, 4.69) is 4.98 Å². The van der Waals surface area contributed by atoms with Crippen LogP contribution in [0, 0.1) is 0 Å². The minimum Gasteiger partial charge on any atom is -0.497 e. The number of aromatic nitrogens is 1. The second-order valence-electron chi connectivity index (χ2n) is 8.80. The standard InChI is InChI=1S/C29H21NO7/c1-34-17-6-3-15(4-7-17)11-24-27(32)19-9-10-23-26(28(19)37-24)20(14-25(31)36-23)21-12-16-5-8-18(35-2)13-22(16)30-29(21)33/h3-13,20H,14H2,1-2H3,(H,30,33). The number of benzene rings is 3. The lowest BCUT2D eigenvalue weighted by molar-refractivity contribution is -0.135. The Labute approximate surface area is 211 Å². The summed E-state index contributed by atoms with van der Waals surface area (Å²) in [6.45, 7) is 0. The summed E-state index contributed by atoms with van der Waals surface area (Å²) in [6, 6.07) is 17.5. The van der Waals surface area contributed by atoms with Crippen molar-refractivity contribution in [2.45, 2.75) is 12.3 Å². The molecule has 0 saturated carbocycles. The van der Waals surface area contributed by atoms with Crippen LogP contribution in [0.2, 0.25) is 0 Å². The first kappa shape index (κ1) is 22.6. The number of ether oxygens (including phenoxy) is 4. The monoisotopic (exact) mass is 495 g/mol. The van der Waals surface area contributed by atoms with Gasteiger partial charge in [-0.3, -0.25) is 14.4 Å². The third kappa shape index (κ3) is 3.83. The number of aromatic amines is 1. The van der Waals surface area contributed by atoms with Crippen molar-refractivity contribution in [3.05, 3.63) is 99.0 Å². The number of carbonyl (C=O) groups excluding carboxylic acids is 2. The van der Waals surface area contributed by atoms with Crippen LogP contribution >= 0.6 is 0 Å². The van der Waals surface area contributed by atoms with E-state index in [-0.39, 0.29) is 29.3 Å². The van der Waals surface area contributed by atoms with Gasteiger partial charge in [0.15, 0.2) is 5.76 Å². The van der Waals surface area contributed by atoms with E-state index < -0.39 is 11.9 Å². The Morgan fingerprint density at radius 3 is 2.41 bits per heavy atom. The van der Waals surface area contributed by atoms with Gasteiger partial charge < -0.3 is 23.9 Å². The molecule has 3 aromatic carbocycles. The molecule has 1 unspecified atom stereocenters. The maximum atomic E-state index is 13.2. The molecule has 6 rings (SSSR count). The maximum Gasteiger partial charge on any atom is 0.312 e. The first-order valence-corrected chi connectivity index (χ1v) is 11.6. The van der Waals surface area contributed by atoms with Crippen LogP contribution < -0.4 is 24.5 Å². The van der Waals surface area contributed by atoms with Crippen molar-refractivity contribution in [3.63, 3.8) is 0 Å². The number of fused-ring (bicyclic) bond motifs is 4. The molecule has 184 valence electrons. The first-order chi connectivity index (χ1) is 17.9. The lowest BCUT2D eigenvalue weighted by atomic mass is 9.85. The number of rotatable bonds is 4. The van der Waals surface area contributed by atoms with Crippen molar-refractivity contribution < 1.29 is 28.5 Å². The molecular formula is C29H21NO7. The molecule has 0 aliphatic carbocycles. The minimum atomic E-state index is -0.658. The average Bonchev–Trinajstić information content (AvgIpc) is 3.22. The zero-order chi connectivity index (χ0) is 25.7. The zero-order valence-corrected chi connectivity index (χ0v) is 20.0. The number of H-pyrrole nitrogens is 1. The quantitative estimate of drug-likeness (QED) is 0.251. The SMILES string of the molecule is COc1ccc(C=C2Oc3c(ccc4c3C(c3cc5ccc(OC)cc5[nH]c3=O)CC(=O)O4)C2=O)cc1. The molecule has 4 aromatic rings. The molecule has 0 saturated heterocycles. The maximum absolute atomic E-state index is 13.2. The zero-order valence-electron chi connectivity index (χ0n) is 20.0. The molecule has 2 aliphatic rings. The number of nitrogens with one attached hydrogen (secondary N) is 1. The van der Waals surface area contributed by atoms with Gasteiger partial charge >= 0.3 is 5.97 Å². The van der Waals surface area contributed by atoms with Crippen LogP contribution in [-0.4, -0.2) is 31.0 Å². The van der Waals surface area contributed by atoms with Gasteiger partial charge in [-0.25, -0.2) is 0 Å². The van der Waals surface area contributed by atoms with Crippen LogP contribution in [0.5, 0.6) is 23.0 Å². The van der Waals surface area contributed by atoms with Crippen molar-refractivity contribution in [2.75, 3.05) is 14.2 Å². The Bertz CT molecular complexity index is 1680. The molecule has 0 amide bonds. The third-order valence-electron chi connectivity index (χ3n) is 6.65. The fraction of sp³-hybridized carbons (Fsp3) is 0.138. The molecule has 1 N–H and O–H groups in total. The summed E-state index contributed by atoms with van der Waals surface area (Å²) in [6.07, 6.45) is 1.58.